The van der Waals surface area contributed by atoms with Crippen LogP contribution in [0.5, 0.6) is 5.88 Å². The van der Waals surface area contributed by atoms with Crippen molar-refractivity contribution >= 4 is 23.5 Å². The third-order valence-corrected chi connectivity index (χ3v) is 3.80. The number of carbonyl (C=O) groups excluding carboxylic acids is 1. The van der Waals surface area contributed by atoms with Crippen molar-refractivity contribution in [1.82, 2.24) is 9.97 Å². The van der Waals surface area contributed by atoms with E-state index in [0.29, 0.717) is 5.88 Å². The number of amides is 1. The SMILES string of the molecule is COc1cc(Cl)nc(NC(=O)C2(C)CCCCC2)n1. The second kappa shape index (κ2) is 5.74. The second-order valence-corrected chi connectivity index (χ2v) is 5.52. The van der Waals surface area contributed by atoms with Gasteiger partial charge >= 0.3 is 0 Å². The van der Waals surface area contributed by atoms with Gasteiger partial charge in [-0.15, -0.1) is 0 Å². The molecule has 0 bridgehead atoms. The maximum atomic E-state index is 12.3. The molecule has 104 valence electrons. The number of hydrogen-bond donors (Lipinski definition) is 1. The normalized spacial score (nSPS) is 17.8. The van der Waals surface area contributed by atoms with E-state index in [1.807, 2.05) is 6.92 Å². The Kier molecular flexibility index (Phi) is 4.24. The van der Waals surface area contributed by atoms with Crippen LogP contribution in [0.1, 0.15) is 39.0 Å². The van der Waals surface area contributed by atoms with Crippen molar-refractivity contribution in [2.75, 3.05) is 12.4 Å². The van der Waals surface area contributed by atoms with Crippen molar-refractivity contribution in [1.29, 1.82) is 0 Å². The highest BCUT2D eigenvalue weighted by atomic mass is 35.5. The van der Waals surface area contributed by atoms with Gasteiger partial charge in [-0.25, -0.2) is 4.98 Å². The monoisotopic (exact) mass is 283 g/mol. The molecule has 0 aromatic carbocycles. The molecule has 1 heterocycles. The van der Waals surface area contributed by atoms with Crippen LogP contribution in [-0.2, 0) is 4.79 Å². The van der Waals surface area contributed by atoms with Crippen LogP contribution >= 0.6 is 11.6 Å². The van der Waals surface area contributed by atoms with E-state index in [0.717, 1.165) is 25.7 Å². The average Bonchev–Trinajstić information content (AvgIpc) is 2.38. The summed E-state index contributed by atoms with van der Waals surface area (Å²) in [6.45, 7) is 1.99. The van der Waals surface area contributed by atoms with E-state index in [1.165, 1.54) is 19.6 Å². The molecule has 19 heavy (non-hydrogen) atoms. The number of nitrogens with one attached hydrogen (secondary N) is 1. The Hall–Kier alpha value is -1.36. The van der Waals surface area contributed by atoms with Crippen LogP contribution in [-0.4, -0.2) is 23.0 Å². The highest BCUT2D eigenvalue weighted by Gasteiger charge is 2.34. The predicted octanol–water partition coefficient (Wildman–Crippen LogP) is 3.05. The van der Waals surface area contributed by atoms with Gasteiger partial charge in [0.05, 0.1) is 7.11 Å². The number of aromatic nitrogens is 2. The van der Waals surface area contributed by atoms with Gasteiger partial charge in [0.1, 0.15) is 5.15 Å². The first-order valence-corrected chi connectivity index (χ1v) is 6.81. The molecule has 1 aromatic heterocycles. The molecule has 1 aliphatic rings. The molecule has 1 saturated carbocycles. The summed E-state index contributed by atoms with van der Waals surface area (Å²) in [5.41, 5.74) is -0.336. The van der Waals surface area contributed by atoms with Gasteiger partial charge < -0.3 is 4.74 Å². The minimum absolute atomic E-state index is 0.0449. The Labute approximate surface area is 117 Å². The van der Waals surface area contributed by atoms with Gasteiger partial charge in [-0.2, -0.15) is 4.98 Å². The maximum absolute atomic E-state index is 12.3. The fraction of sp³-hybridized carbons (Fsp3) is 0.615. The van der Waals surface area contributed by atoms with E-state index < -0.39 is 0 Å². The molecule has 2 rings (SSSR count). The lowest BCUT2D eigenvalue weighted by atomic mass is 9.75. The van der Waals surface area contributed by atoms with Gasteiger partial charge in [-0.3, -0.25) is 10.1 Å². The van der Waals surface area contributed by atoms with Crippen LogP contribution in [0, 0.1) is 5.41 Å². The Morgan fingerprint density at radius 3 is 2.68 bits per heavy atom. The predicted molar refractivity (Wildman–Crippen MR) is 73.4 cm³/mol. The first-order valence-electron chi connectivity index (χ1n) is 6.43. The molecule has 1 amide bonds. The number of rotatable bonds is 3. The van der Waals surface area contributed by atoms with Gasteiger partial charge in [-0.1, -0.05) is 37.8 Å². The lowest BCUT2D eigenvalue weighted by Crippen LogP contribution is -2.35. The van der Waals surface area contributed by atoms with E-state index in [2.05, 4.69) is 15.3 Å². The Balaban J connectivity index is 2.12. The summed E-state index contributed by atoms with van der Waals surface area (Å²) >= 11 is 5.85. The van der Waals surface area contributed by atoms with Crippen LogP contribution < -0.4 is 10.1 Å². The lowest BCUT2D eigenvalue weighted by Gasteiger charge is -2.31. The van der Waals surface area contributed by atoms with Crippen molar-refractivity contribution in [2.45, 2.75) is 39.0 Å². The molecule has 1 N–H and O–H groups in total. The highest BCUT2D eigenvalue weighted by Crippen LogP contribution is 2.36. The molecule has 1 aromatic rings. The standard InChI is InChI=1S/C13H18ClN3O2/c1-13(6-4-3-5-7-13)11(18)17-12-15-9(14)8-10(16-12)19-2/h8H,3-7H2,1-2H3,(H,15,16,17,18). The summed E-state index contributed by atoms with van der Waals surface area (Å²) in [5, 5.41) is 2.99. The topological polar surface area (TPSA) is 64.1 Å². The molecular formula is C13H18ClN3O2. The Morgan fingerprint density at radius 2 is 2.05 bits per heavy atom. The lowest BCUT2D eigenvalue weighted by molar-refractivity contribution is -0.126. The smallest absolute Gasteiger partial charge is 0.234 e. The molecule has 6 heteroatoms. The van der Waals surface area contributed by atoms with Gasteiger partial charge in [0, 0.05) is 11.5 Å². The van der Waals surface area contributed by atoms with Gasteiger partial charge in [0.25, 0.3) is 0 Å². The first kappa shape index (κ1) is 14.1. The van der Waals surface area contributed by atoms with E-state index in [-0.39, 0.29) is 22.4 Å². The van der Waals surface area contributed by atoms with Crippen molar-refractivity contribution in [3.63, 3.8) is 0 Å². The summed E-state index contributed by atoms with van der Waals surface area (Å²) in [6, 6.07) is 1.50. The third-order valence-electron chi connectivity index (χ3n) is 3.61. The van der Waals surface area contributed by atoms with Crippen LogP contribution in [0.3, 0.4) is 0 Å². The molecule has 0 radical (unpaired) electrons. The molecule has 1 aliphatic carbocycles. The number of methoxy groups -OCH3 is 1. The number of anilines is 1. The molecule has 1 fully saturated rings. The first-order chi connectivity index (χ1) is 9.03. The zero-order valence-electron chi connectivity index (χ0n) is 11.2. The van der Waals surface area contributed by atoms with Crippen LogP contribution in [0.2, 0.25) is 5.15 Å². The fourth-order valence-corrected chi connectivity index (χ4v) is 2.54. The second-order valence-electron chi connectivity index (χ2n) is 5.13. The Bertz CT molecular complexity index is 473. The quantitative estimate of drug-likeness (QED) is 0.866. The van der Waals surface area contributed by atoms with Gasteiger partial charge in [0.2, 0.25) is 17.7 Å². The molecule has 5 nitrogen and oxygen atoms in total. The number of nitrogens with zero attached hydrogens (tertiary/aromatic N) is 2. The van der Waals surface area contributed by atoms with Crippen LogP contribution in [0.15, 0.2) is 6.07 Å². The minimum atomic E-state index is -0.336. The van der Waals surface area contributed by atoms with Crippen molar-refractivity contribution < 1.29 is 9.53 Å². The van der Waals surface area contributed by atoms with Crippen molar-refractivity contribution in [3.8, 4) is 5.88 Å². The van der Waals surface area contributed by atoms with E-state index in [9.17, 15) is 4.79 Å². The van der Waals surface area contributed by atoms with Crippen molar-refractivity contribution in [3.05, 3.63) is 11.2 Å². The van der Waals surface area contributed by atoms with Gasteiger partial charge in [-0.05, 0) is 12.8 Å². The van der Waals surface area contributed by atoms with Crippen LogP contribution in [0.4, 0.5) is 5.95 Å². The number of halogens is 1. The molecule has 0 spiro atoms. The van der Waals surface area contributed by atoms with E-state index in [4.69, 9.17) is 16.3 Å². The molecular weight excluding hydrogens is 266 g/mol. The summed E-state index contributed by atoms with van der Waals surface area (Å²) < 4.78 is 5.00. The summed E-state index contributed by atoms with van der Waals surface area (Å²) in [5.74, 6) is 0.488. The Morgan fingerprint density at radius 1 is 1.37 bits per heavy atom. The summed E-state index contributed by atoms with van der Waals surface area (Å²) in [4.78, 5) is 20.4. The highest BCUT2D eigenvalue weighted by molar-refractivity contribution is 6.29. The molecule has 0 atom stereocenters. The molecule has 0 saturated heterocycles. The van der Waals surface area contributed by atoms with E-state index in [1.54, 1.807) is 0 Å². The zero-order chi connectivity index (χ0) is 13.9. The maximum Gasteiger partial charge on any atom is 0.234 e. The fourth-order valence-electron chi connectivity index (χ4n) is 2.37. The number of ether oxygens (including phenoxy) is 1. The number of carbonyl (C=O) groups is 1. The molecule has 0 aliphatic heterocycles. The summed E-state index contributed by atoms with van der Waals surface area (Å²) in [7, 11) is 1.49. The minimum Gasteiger partial charge on any atom is -0.481 e. The van der Waals surface area contributed by atoms with Crippen molar-refractivity contribution in [2.24, 2.45) is 5.41 Å². The van der Waals surface area contributed by atoms with Crippen LogP contribution in [0.25, 0.3) is 0 Å². The largest absolute Gasteiger partial charge is 0.481 e. The number of hydrogen-bond acceptors (Lipinski definition) is 4. The summed E-state index contributed by atoms with van der Waals surface area (Å²) in [6.07, 6.45) is 5.17. The van der Waals surface area contributed by atoms with Gasteiger partial charge in [0.15, 0.2) is 0 Å². The van der Waals surface area contributed by atoms with E-state index >= 15 is 0 Å². The third kappa shape index (κ3) is 3.35. The average molecular weight is 284 g/mol. The zero-order valence-corrected chi connectivity index (χ0v) is 12.0. The molecule has 0 unspecified atom stereocenters.